The topological polar surface area (TPSA) is 15.6 Å². The molecule has 0 atom stereocenters. The Morgan fingerprint density at radius 1 is 0.862 bits per heavy atom. The fraction of sp³-hybridized carbons (Fsp3) is 0.370. The van der Waals surface area contributed by atoms with Crippen LogP contribution in [0.1, 0.15) is 62.8 Å². The summed E-state index contributed by atoms with van der Waals surface area (Å²) in [6.45, 7) is 19.3. The number of nitrogens with zero attached hydrogens (tertiary/aromatic N) is 2. The first-order chi connectivity index (χ1) is 13.9. The summed E-state index contributed by atoms with van der Waals surface area (Å²) in [7, 11) is 0. The lowest BCUT2D eigenvalue weighted by molar-refractivity contribution is 0.351. The molecule has 2 heteroatoms. The number of benzene rings is 2. The maximum atomic E-state index is 5.24. The zero-order valence-corrected chi connectivity index (χ0v) is 19.0. The molecule has 2 rings (SSSR count). The first-order valence-corrected chi connectivity index (χ1v) is 10.7. The lowest BCUT2D eigenvalue weighted by atomic mass is 9.98. The van der Waals surface area contributed by atoms with Gasteiger partial charge in [-0.15, -0.1) is 0 Å². The van der Waals surface area contributed by atoms with Crippen LogP contribution in [0.3, 0.4) is 0 Å². The first kappa shape index (κ1) is 22.7. The van der Waals surface area contributed by atoms with Gasteiger partial charge >= 0.3 is 0 Å². The maximum Gasteiger partial charge on any atom is 0.0941 e. The summed E-state index contributed by atoms with van der Waals surface area (Å²) in [6, 6.07) is 16.9. The van der Waals surface area contributed by atoms with Gasteiger partial charge < -0.3 is 4.90 Å². The van der Waals surface area contributed by atoms with Crippen molar-refractivity contribution in [2.24, 2.45) is 4.99 Å². The van der Waals surface area contributed by atoms with E-state index in [2.05, 4.69) is 102 Å². The van der Waals surface area contributed by atoms with Crippen molar-refractivity contribution in [2.45, 2.75) is 54.4 Å². The molecule has 2 nitrogen and oxygen atoms in total. The molecule has 0 saturated heterocycles. The number of rotatable bonds is 9. The van der Waals surface area contributed by atoms with Crippen molar-refractivity contribution in [2.75, 3.05) is 13.1 Å². The van der Waals surface area contributed by atoms with Crippen molar-refractivity contribution in [3.05, 3.63) is 88.6 Å². The van der Waals surface area contributed by atoms with Crippen molar-refractivity contribution in [3.63, 3.8) is 0 Å². The van der Waals surface area contributed by atoms with Crippen LogP contribution in [0.5, 0.6) is 0 Å². The summed E-state index contributed by atoms with van der Waals surface area (Å²) in [5.74, 6) is 0. The van der Waals surface area contributed by atoms with Crippen LogP contribution in [0, 0.1) is 13.8 Å². The van der Waals surface area contributed by atoms with Gasteiger partial charge in [0.1, 0.15) is 0 Å². The van der Waals surface area contributed by atoms with E-state index in [0.29, 0.717) is 0 Å². The van der Waals surface area contributed by atoms with E-state index in [4.69, 9.17) is 4.99 Å². The summed E-state index contributed by atoms with van der Waals surface area (Å²) >= 11 is 0. The van der Waals surface area contributed by atoms with Crippen molar-refractivity contribution >= 4 is 11.4 Å². The molecule has 0 fully saturated rings. The molecule has 0 spiro atoms. The molecule has 154 valence electrons. The van der Waals surface area contributed by atoms with E-state index in [1.165, 1.54) is 16.7 Å². The molecular weight excluding hydrogens is 352 g/mol. The molecule has 0 saturated carbocycles. The van der Waals surface area contributed by atoms with Gasteiger partial charge in [-0.2, -0.15) is 0 Å². The molecule has 29 heavy (non-hydrogen) atoms. The predicted octanol–water partition coefficient (Wildman–Crippen LogP) is 7.18. The standard InChI is InChI=1S/C27H36N2/c1-8-18-29(19-9-2)27(20(3)4)26(24-16-11-10-12-17-24)28-23(7)25-21(5)14-13-15-22(25)6/h10-17H,3,8-9,18-19H2,1-2,4-7H3/b27-26+,28-23?. The molecular formula is C27H36N2. The Kier molecular flexibility index (Phi) is 8.45. The highest BCUT2D eigenvalue weighted by Gasteiger charge is 2.17. The summed E-state index contributed by atoms with van der Waals surface area (Å²) in [5, 5.41) is 0. The largest absolute Gasteiger partial charge is 0.370 e. The molecule has 0 radical (unpaired) electrons. The fourth-order valence-electron chi connectivity index (χ4n) is 3.96. The molecule has 0 aliphatic carbocycles. The average Bonchev–Trinajstić information content (AvgIpc) is 2.68. The third-order valence-corrected chi connectivity index (χ3v) is 5.10. The molecule has 0 heterocycles. The van der Waals surface area contributed by atoms with Gasteiger partial charge in [-0.05, 0) is 57.2 Å². The second kappa shape index (κ2) is 10.8. The second-order valence-corrected chi connectivity index (χ2v) is 7.79. The predicted molar refractivity (Wildman–Crippen MR) is 128 cm³/mol. The molecule has 0 bridgehead atoms. The van der Waals surface area contributed by atoms with Gasteiger partial charge in [0.2, 0.25) is 0 Å². The number of aryl methyl sites for hydroxylation is 2. The van der Waals surface area contributed by atoms with Crippen LogP contribution in [0.2, 0.25) is 0 Å². The van der Waals surface area contributed by atoms with E-state index in [1.54, 1.807) is 0 Å². The van der Waals surface area contributed by atoms with Gasteiger partial charge in [0.05, 0.1) is 11.4 Å². The van der Waals surface area contributed by atoms with Crippen LogP contribution in [-0.2, 0) is 0 Å². The third-order valence-electron chi connectivity index (χ3n) is 5.10. The monoisotopic (exact) mass is 388 g/mol. The Morgan fingerprint density at radius 3 is 1.90 bits per heavy atom. The van der Waals surface area contributed by atoms with Crippen LogP contribution in [0.25, 0.3) is 5.70 Å². The van der Waals surface area contributed by atoms with Gasteiger partial charge in [0.25, 0.3) is 0 Å². The van der Waals surface area contributed by atoms with Gasteiger partial charge in [-0.1, -0.05) is 69.0 Å². The molecule has 0 N–H and O–H groups in total. The Labute approximate surface area is 177 Å². The SMILES string of the molecule is C=C(C)/C(=C(\N=C(C)c1c(C)cccc1C)c1ccccc1)N(CCC)CCC. The summed E-state index contributed by atoms with van der Waals surface area (Å²) < 4.78 is 0. The first-order valence-electron chi connectivity index (χ1n) is 10.7. The van der Waals surface area contributed by atoms with E-state index < -0.39 is 0 Å². The number of hydrogen-bond donors (Lipinski definition) is 0. The van der Waals surface area contributed by atoms with Crippen LogP contribution >= 0.6 is 0 Å². The zero-order valence-electron chi connectivity index (χ0n) is 19.0. The van der Waals surface area contributed by atoms with Gasteiger partial charge in [0, 0.05) is 29.9 Å². The molecule has 0 aliphatic rings. The molecule has 0 amide bonds. The third kappa shape index (κ3) is 5.69. The van der Waals surface area contributed by atoms with E-state index >= 15 is 0 Å². The molecule has 0 aromatic heterocycles. The second-order valence-electron chi connectivity index (χ2n) is 7.79. The van der Waals surface area contributed by atoms with E-state index in [0.717, 1.165) is 54.2 Å². The minimum Gasteiger partial charge on any atom is -0.370 e. The smallest absolute Gasteiger partial charge is 0.0941 e. The van der Waals surface area contributed by atoms with Crippen molar-refractivity contribution < 1.29 is 0 Å². The van der Waals surface area contributed by atoms with Crippen molar-refractivity contribution in [1.82, 2.24) is 4.90 Å². The normalized spacial score (nSPS) is 12.6. The van der Waals surface area contributed by atoms with Gasteiger partial charge in [-0.3, -0.25) is 4.99 Å². The zero-order chi connectivity index (χ0) is 21.4. The lowest BCUT2D eigenvalue weighted by Gasteiger charge is -2.29. The Morgan fingerprint density at radius 2 is 1.41 bits per heavy atom. The number of hydrogen-bond acceptors (Lipinski definition) is 2. The highest BCUT2D eigenvalue weighted by Crippen LogP contribution is 2.29. The molecule has 2 aromatic rings. The Bertz CT molecular complexity index is 862. The van der Waals surface area contributed by atoms with Crippen molar-refractivity contribution in [3.8, 4) is 0 Å². The highest BCUT2D eigenvalue weighted by molar-refractivity contribution is 6.04. The van der Waals surface area contributed by atoms with E-state index in [-0.39, 0.29) is 0 Å². The van der Waals surface area contributed by atoms with Crippen LogP contribution in [0.4, 0.5) is 0 Å². The van der Waals surface area contributed by atoms with Crippen LogP contribution in [0.15, 0.2) is 71.4 Å². The highest BCUT2D eigenvalue weighted by atomic mass is 15.1. The van der Waals surface area contributed by atoms with Gasteiger partial charge in [0.15, 0.2) is 0 Å². The molecule has 0 unspecified atom stereocenters. The van der Waals surface area contributed by atoms with Crippen LogP contribution in [-0.4, -0.2) is 23.7 Å². The molecule has 2 aromatic carbocycles. The number of allylic oxidation sites excluding steroid dienone is 1. The molecule has 0 aliphatic heterocycles. The summed E-state index contributed by atoms with van der Waals surface area (Å²) in [4.78, 5) is 7.69. The van der Waals surface area contributed by atoms with E-state index in [1.807, 2.05) is 0 Å². The minimum atomic E-state index is 1.00. The minimum absolute atomic E-state index is 1.00. The number of aliphatic imine (C=N–C) groups is 1. The van der Waals surface area contributed by atoms with Crippen molar-refractivity contribution in [1.29, 1.82) is 0 Å². The Hall–Kier alpha value is -2.61. The summed E-state index contributed by atoms with van der Waals surface area (Å²) in [6.07, 6.45) is 2.19. The lowest BCUT2D eigenvalue weighted by Crippen LogP contribution is -2.26. The average molecular weight is 389 g/mol. The Balaban J connectivity index is 2.77. The summed E-state index contributed by atoms with van der Waals surface area (Å²) in [5.41, 5.74) is 9.16. The quantitative estimate of drug-likeness (QED) is 0.328. The van der Waals surface area contributed by atoms with Crippen LogP contribution < -0.4 is 0 Å². The van der Waals surface area contributed by atoms with E-state index in [9.17, 15) is 0 Å². The fourth-order valence-corrected chi connectivity index (χ4v) is 3.96. The maximum absolute atomic E-state index is 5.24. The van der Waals surface area contributed by atoms with Gasteiger partial charge in [-0.25, -0.2) is 0 Å².